The van der Waals surface area contributed by atoms with Crippen LogP contribution >= 0.6 is 0 Å². The van der Waals surface area contributed by atoms with Crippen molar-refractivity contribution in [2.45, 2.75) is 32.8 Å². The van der Waals surface area contributed by atoms with Crippen LogP contribution in [-0.2, 0) is 19.1 Å². The summed E-state index contributed by atoms with van der Waals surface area (Å²) >= 11 is 0. The Hall–Kier alpha value is -3.92. The van der Waals surface area contributed by atoms with E-state index in [1.54, 1.807) is 18.2 Å². The Morgan fingerprint density at radius 1 is 1.09 bits per heavy atom. The number of nitrogens with zero attached hydrogens (tertiary/aromatic N) is 1. The van der Waals surface area contributed by atoms with Gasteiger partial charge in [-0.2, -0.15) is 5.10 Å². The number of ether oxygens (including phenoxy) is 3. The fourth-order valence-corrected chi connectivity index (χ4v) is 3.35. The van der Waals surface area contributed by atoms with Gasteiger partial charge in [-0.15, -0.1) is 0 Å². The summed E-state index contributed by atoms with van der Waals surface area (Å²) in [5, 5.41) is 9.12. The van der Waals surface area contributed by atoms with Crippen molar-refractivity contribution in [3.8, 4) is 11.5 Å². The molecule has 0 aromatic heterocycles. The summed E-state index contributed by atoms with van der Waals surface area (Å²) in [6.45, 7) is 4.74. The molecule has 3 rings (SSSR count). The van der Waals surface area contributed by atoms with Crippen molar-refractivity contribution in [3.05, 3.63) is 53.1 Å². The molecule has 2 aromatic rings. The van der Waals surface area contributed by atoms with Crippen molar-refractivity contribution in [1.29, 1.82) is 0 Å². The first-order valence-electron chi connectivity index (χ1n) is 11.3. The van der Waals surface area contributed by atoms with E-state index in [4.69, 9.17) is 14.2 Å². The number of carbonyl (C=O) groups is 3. The average Bonchev–Trinajstić information content (AvgIpc) is 3.37. The van der Waals surface area contributed by atoms with Crippen molar-refractivity contribution in [3.63, 3.8) is 0 Å². The molecule has 10 nitrogen and oxygen atoms in total. The topological polar surface area (TPSA) is 127 Å². The molecule has 1 aliphatic heterocycles. The Balaban J connectivity index is 1.48. The number of benzene rings is 2. The zero-order valence-electron chi connectivity index (χ0n) is 20.1. The summed E-state index contributed by atoms with van der Waals surface area (Å²) < 4.78 is 16.3. The Kier molecular flexibility index (Phi) is 9.19. The van der Waals surface area contributed by atoms with Crippen molar-refractivity contribution in [2.24, 2.45) is 5.10 Å². The Morgan fingerprint density at radius 3 is 2.63 bits per heavy atom. The Bertz CT molecular complexity index is 1100. The van der Waals surface area contributed by atoms with E-state index in [0.29, 0.717) is 29.4 Å². The summed E-state index contributed by atoms with van der Waals surface area (Å²) in [4.78, 5) is 36.0. The van der Waals surface area contributed by atoms with Gasteiger partial charge >= 0.3 is 11.8 Å². The van der Waals surface area contributed by atoms with E-state index < -0.39 is 11.8 Å². The minimum atomic E-state index is -0.874. The highest BCUT2D eigenvalue weighted by Crippen LogP contribution is 2.27. The molecule has 3 N–H and O–H groups in total. The van der Waals surface area contributed by atoms with Gasteiger partial charge in [0, 0.05) is 18.8 Å². The second-order valence-corrected chi connectivity index (χ2v) is 8.09. The summed E-state index contributed by atoms with van der Waals surface area (Å²) in [5.41, 5.74) is 5.70. The second kappa shape index (κ2) is 12.5. The highest BCUT2D eigenvalue weighted by Gasteiger charge is 2.19. The van der Waals surface area contributed by atoms with Gasteiger partial charge in [0.1, 0.15) is 0 Å². The van der Waals surface area contributed by atoms with E-state index >= 15 is 0 Å². The number of nitrogens with one attached hydrogen (secondary N) is 3. The van der Waals surface area contributed by atoms with Crippen LogP contribution in [0.4, 0.5) is 5.69 Å². The van der Waals surface area contributed by atoms with Crippen molar-refractivity contribution >= 4 is 29.6 Å². The molecule has 0 bridgehead atoms. The first kappa shape index (κ1) is 25.7. The molecule has 1 atom stereocenters. The van der Waals surface area contributed by atoms with Gasteiger partial charge in [0.25, 0.3) is 5.91 Å². The van der Waals surface area contributed by atoms with Crippen LogP contribution in [-0.4, -0.2) is 56.9 Å². The molecule has 0 unspecified atom stereocenters. The first-order valence-corrected chi connectivity index (χ1v) is 11.3. The largest absolute Gasteiger partial charge is 0.493 e. The fraction of sp³-hybridized carbons (Fsp3) is 0.360. The van der Waals surface area contributed by atoms with Crippen LogP contribution < -0.4 is 25.5 Å². The van der Waals surface area contributed by atoms with Crippen LogP contribution in [0.5, 0.6) is 11.5 Å². The molecule has 1 heterocycles. The molecule has 0 spiro atoms. The number of anilines is 1. The summed E-state index contributed by atoms with van der Waals surface area (Å²) in [6, 6.07) is 10.6. The monoisotopic (exact) mass is 482 g/mol. The molecule has 1 saturated heterocycles. The summed E-state index contributed by atoms with van der Waals surface area (Å²) in [7, 11) is 1.47. The highest BCUT2D eigenvalue weighted by molar-refractivity contribution is 6.35. The summed E-state index contributed by atoms with van der Waals surface area (Å²) in [6.07, 6.45) is 3.12. The van der Waals surface area contributed by atoms with E-state index in [1.807, 2.05) is 32.0 Å². The summed E-state index contributed by atoms with van der Waals surface area (Å²) in [5.74, 6) is -1.20. The van der Waals surface area contributed by atoms with Gasteiger partial charge in [0.15, 0.2) is 18.1 Å². The number of methoxy groups -OCH3 is 1. The van der Waals surface area contributed by atoms with Gasteiger partial charge in [-0.25, -0.2) is 5.43 Å². The predicted molar refractivity (Wildman–Crippen MR) is 131 cm³/mol. The van der Waals surface area contributed by atoms with Gasteiger partial charge in [0.05, 0.1) is 19.4 Å². The van der Waals surface area contributed by atoms with Crippen LogP contribution in [0.3, 0.4) is 0 Å². The van der Waals surface area contributed by atoms with E-state index in [1.165, 1.54) is 13.3 Å². The maximum Gasteiger partial charge on any atom is 0.329 e. The lowest BCUT2D eigenvalue weighted by Gasteiger charge is -2.12. The molecule has 186 valence electrons. The van der Waals surface area contributed by atoms with Gasteiger partial charge in [-0.1, -0.05) is 6.07 Å². The lowest BCUT2D eigenvalue weighted by Crippen LogP contribution is -2.41. The normalized spacial score (nSPS) is 15.0. The minimum Gasteiger partial charge on any atom is -0.493 e. The number of rotatable bonds is 9. The Labute approximate surface area is 204 Å². The van der Waals surface area contributed by atoms with E-state index in [-0.39, 0.29) is 25.2 Å². The lowest BCUT2D eigenvalue weighted by molar-refractivity contribution is -0.139. The van der Waals surface area contributed by atoms with Gasteiger partial charge in [0.2, 0.25) is 0 Å². The van der Waals surface area contributed by atoms with E-state index in [9.17, 15) is 14.4 Å². The number of amides is 3. The molecule has 0 saturated carbocycles. The number of aryl methyl sites for hydroxylation is 2. The molecule has 2 aromatic carbocycles. The van der Waals surface area contributed by atoms with Crippen molar-refractivity contribution in [1.82, 2.24) is 10.7 Å². The predicted octanol–water partition coefficient (Wildman–Crippen LogP) is 2.07. The molecule has 0 aliphatic carbocycles. The fourth-order valence-electron chi connectivity index (χ4n) is 3.35. The van der Waals surface area contributed by atoms with Gasteiger partial charge in [-0.05, 0) is 73.7 Å². The molecule has 0 radical (unpaired) electrons. The third-order valence-corrected chi connectivity index (χ3v) is 5.44. The number of carbonyl (C=O) groups excluding carboxylic acids is 3. The van der Waals surface area contributed by atoms with Crippen molar-refractivity contribution < 1.29 is 28.6 Å². The van der Waals surface area contributed by atoms with Crippen molar-refractivity contribution in [2.75, 3.05) is 32.2 Å². The van der Waals surface area contributed by atoms with E-state index in [0.717, 1.165) is 24.0 Å². The molecular formula is C25H30N4O6. The maximum atomic E-state index is 12.3. The maximum absolute atomic E-state index is 12.3. The van der Waals surface area contributed by atoms with E-state index in [2.05, 4.69) is 21.2 Å². The van der Waals surface area contributed by atoms with Crippen LogP contribution in [0.2, 0.25) is 0 Å². The van der Waals surface area contributed by atoms with Crippen LogP contribution in [0.1, 0.15) is 29.5 Å². The second-order valence-electron chi connectivity index (χ2n) is 8.09. The van der Waals surface area contributed by atoms with Crippen LogP contribution in [0.15, 0.2) is 41.5 Å². The lowest BCUT2D eigenvalue weighted by atomic mass is 10.1. The van der Waals surface area contributed by atoms with Gasteiger partial charge < -0.3 is 24.8 Å². The van der Waals surface area contributed by atoms with Crippen LogP contribution in [0, 0.1) is 13.8 Å². The molecular weight excluding hydrogens is 452 g/mol. The Morgan fingerprint density at radius 2 is 1.91 bits per heavy atom. The number of hydrogen-bond donors (Lipinski definition) is 3. The zero-order valence-corrected chi connectivity index (χ0v) is 20.1. The third-order valence-electron chi connectivity index (χ3n) is 5.44. The average molecular weight is 483 g/mol. The van der Waals surface area contributed by atoms with Gasteiger partial charge in [-0.3, -0.25) is 14.4 Å². The minimum absolute atomic E-state index is 0.0543. The molecule has 10 heteroatoms. The first-order chi connectivity index (χ1) is 16.9. The standard InChI is InChI=1S/C25H30N4O6/c1-16-6-8-19(11-17(16)2)28-23(30)15-35-21-9-7-18(12-22(21)33-3)13-27-29-25(32)24(31)26-14-20-5-4-10-34-20/h6-9,11-13,20H,4-5,10,14-15H2,1-3H3,(H,26,31)(H,28,30)(H,29,32)/b27-13-/t20-/m0/s1. The third kappa shape index (κ3) is 7.82. The number of hydrogen-bond acceptors (Lipinski definition) is 7. The zero-order chi connectivity index (χ0) is 25.2. The van der Waals surface area contributed by atoms with Crippen LogP contribution in [0.25, 0.3) is 0 Å². The highest BCUT2D eigenvalue weighted by atomic mass is 16.5. The molecule has 3 amide bonds. The smallest absolute Gasteiger partial charge is 0.329 e. The number of hydrazone groups is 1. The molecule has 1 aliphatic rings. The molecule has 35 heavy (non-hydrogen) atoms. The quantitative estimate of drug-likeness (QED) is 0.285. The SMILES string of the molecule is COc1cc(/C=N\NC(=O)C(=O)NC[C@@H]2CCCO2)ccc1OCC(=O)Nc1ccc(C)c(C)c1. The molecule has 1 fully saturated rings.